The molecule has 0 bridgehead atoms. The van der Waals surface area contributed by atoms with Gasteiger partial charge in [-0.2, -0.15) is 0 Å². The molecule has 4 atom stereocenters. The summed E-state index contributed by atoms with van der Waals surface area (Å²) >= 11 is 21.2. The van der Waals surface area contributed by atoms with Crippen LogP contribution >= 0.6 is 55.1 Å². The average molecular weight is 1060 g/mol. The van der Waals surface area contributed by atoms with Crippen LogP contribution in [-0.4, -0.2) is 30.6 Å². The highest BCUT2D eigenvalue weighted by atomic mass is 79.9. The molecule has 0 spiro atoms. The van der Waals surface area contributed by atoms with Crippen LogP contribution in [0.25, 0.3) is 11.1 Å². The van der Waals surface area contributed by atoms with Crippen LogP contribution in [0.1, 0.15) is 130 Å². The fraction of sp³-hybridized carbons (Fsp3) is 0.375. The van der Waals surface area contributed by atoms with Crippen molar-refractivity contribution in [1.29, 1.82) is 0 Å². The van der Waals surface area contributed by atoms with Crippen molar-refractivity contribution in [3.8, 4) is 0 Å². The van der Waals surface area contributed by atoms with Crippen molar-refractivity contribution < 1.29 is 19.0 Å². The Morgan fingerprint density at radius 2 is 0.970 bits per heavy atom. The monoisotopic (exact) mass is 1050 g/mol. The van der Waals surface area contributed by atoms with E-state index in [0.29, 0.717) is 31.9 Å². The zero-order chi connectivity index (χ0) is 46.4. The van der Waals surface area contributed by atoms with Gasteiger partial charge in [-0.3, -0.25) is 0 Å². The second-order valence-electron chi connectivity index (χ2n) is 18.2. The zero-order valence-corrected chi connectivity index (χ0v) is 42.9. The Labute approximate surface area is 418 Å². The maximum atomic E-state index is 14.4. The summed E-state index contributed by atoms with van der Waals surface area (Å²) in [6, 6.07) is 37.0. The SMILES string of the molecule is CC(Nc1ccc(/C(=C/C2(/C=C(\c3ccccc3)c3ccc(NC(C)OC(C)C4CCCCC4)cc3)OC(=O)c3c(Br)c(Cl)c(Cl)c(Br)c32)c2ccccc2)cc1)OC(C)C1CCCCC1. The number of hydrogen-bond acceptors (Lipinski definition) is 6. The van der Waals surface area contributed by atoms with Crippen LogP contribution in [-0.2, 0) is 19.8 Å². The number of fused-ring (bicyclic) bond motifs is 1. The van der Waals surface area contributed by atoms with Gasteiger partial charge in [0.2, 0.25) is 0 Å². The lowest BCUT2D eigenvalue weighted by Crippen LogP contribution is -2.30. The van der Waals surface area contributed by atoms with Crippen molar-refractivity contribution in [3.63, 3.8) is 0 Å². The molecule has 0 saturated heterocycles. The second-order valence-corrected chi connectivity index (χ2v) is 20.6. The molecular formula is C56H60Br2Cl2N2O4. The highest BCUT2D eigenvalue weighted by molar-refractivity contribution is 9.11. The van der Waals surface area contributed by atoms with E-state index in [1.807, 2.05) is 48.6 Å². The Hall–Kier alpha value is -3.89. The topological polar surface area (TPSA) is 68.8 Å². The third-order valence-electron chi connectivity index (χ3n) is 13.6. The second kappa shape index (κ2) is 22.0. The first kappa shape index (κ1) is 48.6. The molecule has 0 radical (unpaired) electrons. The first-order valence-corrected chi connectivity index (χ1v) is 26.0. The van der Waals surface area contributed by atoms with Gasteiger partial charge in [-0.15, -0.1) is 0 Å². The molecule has 10 heteroatoms. The number of benzene rings is 5. The summed E-state index contributed by atoms with van der Waals surface area (Å²) in [5.41, 5.74) is 6.68. The van der Waals surface area contributed by atoms with E-state index < -0.39 is 11.6 Å². The number of anilines is 2. The Morgan fingerprint density at radius 1 is 0.591 bits per heavy atom. The molecular weight excluding hydrogens is 995 g/mol. The van der Waals surface area contributed by atoms with E-state index >= 15 is 0 Å². The van der Waals surface area contributed by atoms with Gasteiger partial charge in [0.05, 0.1) is 32.3 Å². The van der Waals surface area contributed by atoms with Crippen molar-refractivity contribution in [2.45, 2.75) is 122 Å². The van der Waals surface area contributed by atoms with E-state index in [1.54, 1.807) is 0 Å². The van der Waals surface area contributed by atoms with Gasteiger partial charge in [-0.05, 0) is 167 Å². The molecule has 2 saturated carbocycles. The van der Waals surface area contributed by atoms with Crippen molar-refractivity contribution in [3.05, 3.63) is 174 Å². The van der Waals surface area contributed by atoms with Crippen molar-refractivity contribution in [1.82, 2.24) is 0 Å². The Morgan fingerprint density at radius 3 is 1.38 bits per heavy atom. The van der Waals surface area contributed by atoms with Gasteiger partial charge in [0.25, 0.3) is 0 Å². The van der Waals surface area contributed by atoms with Gasteiger partial charge < -0.3 is 24.8 Å². The smallest absolute Gasteiger partial charge is 0.341 e. The molecule has 66 heavy (non-hydrogen) atoms. The molecule has 2 fully saturated rings. The molecule has 346 valence electrons. The van der Waals surface area contributed by atoms with Gasteiger partial charge >= 0.3 is 5.97 Å². The third-order valence-corrected chi connectivity index (χ3v) is 16.5. The van der Waals surface area contributed by atoms with Crippen LogP contribution in [0.2, 0.25) is 10.0 Å². The molecule has 0 aromatic heterocycles. The maximum Gasteiger partial charge on any atom is 0.341 e. The quantitative estimate of drug-likeness (QED) is 0.0444. The number of halogens is 4. The number of esters is 1. The van der Waals surface area contributed by atoms with Crippen LogP contribution in [0.15, 0.2) is 130 Å². The van der Waals surface area contributed by atoms with Crippen molar-refractivity contribution in [2.24, 2.45) is 11.8 Å². The predicted octanol–water partition coefficient (Wildman–Crippen LogP) is 16.6. The molecule has 2 aliphatic carbocycles. The number of cyclic esters (lactones) is 1. The van der Waals surface area contributed by atoms with E-state index in [2.05, 4.69) is 143 Å². The highest BCUT2D eigenvalue weighted by Gasteiger charge is 2.48. The average Bonchev–Trinajstić information content (AvgIpc) is 3.63. The fourth-order valence-corrected chi connectivity index (χ4v) is 12.0. The van der Waals surface area contributed by atoms with Crippen molar-refractivity contribution in [2.75, 3.05) is 10.6 Å². The number of carbonyl (C=O) groups excluding carboxylic acids is 1. The summed E-state index contributed by atoms with van der Waals surface area (Å²) in [5, 5.41) is 7.63. The van der Waals surface area contributed by atoms with Crippen LogP contribution in [0.3, 0.4) is 0 Å². The minimum Gasteiger partial charge on any atom is -0.442 e. The van der Waals surface area contributed by atoms with E-state index in [0.717, 1.165) is 44.8 Å². The number of ether oxygens (including phenoxy) is 3. The molecule has 1 heterocycles. The van der Waals surface area contributed by atoms with Gasteiger partial charge in [0.15, 0.2) is 5.60 Å². The minimum absolute atomic E-state index is 0.167. The highest BCUT2D eigenvalue weighted by Crippen LogP contribution is 2.54. The molecule has 5 aromatic carbocycles. The van der Waals surface area contributed by atoms with E-state index in [-0.39, 0.29) is 34.7 Å². The van der Waals surface area contributed by atoms with Crippen LogP contribution in [0.4, 0.5) is 11.4 Å². The molecule has 5 aromatic rings. The van der Waals surface area contributed by atoms with Gasteiger partial charge in [-0.1, -0.05) is 147 Å². The van der Waals surface area contributed by atoms with E-state index in [1.165, 1.54) is 64.2 Å². The molecule has 0 amide bonds. The minimum atomic E-state index is -1.48. The van der Waals surface area contributed by atoms with Gasteiger partial charge in [0.1, 0.15) is 12.5 Å². The number of nitrogens with one attached hydrogen (secondary N) is 2. The fourth-order valence-electron chi connectivity index (χ4n) is 10.1. The molecule has 8 rings (SSSR count). The van der Waals surface area contributed by atoms with Gasteiger partial charge in [-0.25, -0.2) is 4.79 Å². The van der Waals surface area contributed by atoms with E-state index in [4.69, 9.17) is 37.4 Å². The first-order valence-electron chi connectivity index (χ1n) is 23.6. The lowest BCUT2D eigenvalue weighted by Gasteiger charge is -2.30. The predicted molar refractivity (Wildman–Crippen MR) is 279 cm³/mol. The molecule has 1 aliphatic heterocycles. The Bertz CT molecular complexity index is 2370. The zero-order valence-electron chi connectivity index (χ0n) is 38.2. The maximum absolute atomic E-state index is 14.4. The summed E-state index contributed by atoms with van der Waals surface area (Å²) in [6.45, 7) is 8.55. The van der Waals surface area contributed by atoms with Crippen LogP contribution in [0.5, 0.6) is 0 Å². The number of rotatable bonds is 16. The van der Waals surface area contributed by atoms with Crippen LogP contribution in [0, 0.1) is 11.8 Å². The molecule has 4 unspecified atom stereocenters. The Kier molecular flexibility index (Phi) is 16.2. The molecule has 3 aliphatic rings. The summed E-state index contributed by atoms with van der Waals surface area (Å²) in [6.07, 6.45) is 16.8. The standard InChI is InChI=1S/C56H60Br2Cl2N2O4/c1-35(39-17-9-5-10-18-39)64-37(3)61-45-29-25-43(26-30-45)47(41-21-13-7-14-22-41)33-56(50-49(55(63)66-56)51(57)53(59)54(60)52(50)58)34-48(42-23-15-8-16-24-42)44-27-31-46(32-28-44)62-38(4)65-36(2)40-19-11-6-12-20-40/h7-8,13-16,21-40,61-62H,5-6,9-12,17-20H2,1-4H3/b47-33+,48-34+. The summed E-state index contributed by atoms with van der Waals surface area (Å²) in [7, 11) is 0. The lowest BCUT2D eigenvalue weighted by atomic mass is 9.83. The normalized spacial score (nSPS) is 20.3. The molecule has 6 nitrogen and oxygen atoms in total. The summed E-state index contributed by atoms with van der Waals surface area (Å²) < 4.78 is 20.5. The van der Waals surface area contributed by atoms with Gasteiger partial charge in [0, 0.05) is 21.4 Å². The van der Waals surface area contributed by atoms with E-state index in [9.17, 15) is 4.79 Å². The Balaban J connectivity index is 1.20. The van der Waals surface area contributed by atoms with Crippen LogP contribution < -0.4 is 10.6 Å². The number of carbonyl (C=O) groups is 1. The van der Waals surface area contributed by atoms with Crippen molar-refractivity contribution >= 4 is 83.6 Å². The largest absolute Gasteiger partial charge is 0.442 e. The number of hydrogen-bond donors (Lipinski definition) is 2. The molecule has 2 N–H and O–H groups in total. The lowest BCUT2D eigenvalue weighted by molar-refractivity contribution is -0.0203. The third kappa shape index (κ3) is 11.2. The first-order chi connectivity index (χ1) is 31.9. The summed E-state index contributed by atoms with van der Waals surface area (Å²) in [5.74, 6) is 0.660. The summed E-state index contributed by atoms with van der Waals surface area (Å²) in [4.78, 5) is 14.4.